The van der Waals surface area contributed by atoms with Gasteiger partial charge in [0.15, 0.2) is 0 Å². The van der Waals surface area contributed by atoms with Crippen molar-refractivity contribution in [2.24, 2.45) is 11.8 Å². The number of likely N-dealkylation sites (tertiary alicyclic amines) is 1. The summed E-state index contributed by atoms with van der Waals surface area (Å²) in [6.07, 6.45) is 4.72. The molecule has 3 fully saturated rings. The molecular weight excluding hydrogens is 427 g/mol. The minimum Gasteiger partial charge on any atom is -0.492 e. The van der Waals surface area contributed by atoms with Gasteiger partial charge in [0, 0.05) is 17.4 Å². The van der Waals surface area contributed by atoms with Gasteiger partial charge in [-0.3, -0.25) is 0 Å². The van der Waals surface area contributed by atoms with Crippen molar-refractivity contribution in [3.63, 3.8) is 0 Å². The van der Waals surface area contributed by atoms with Crippen LogP contribution in [-0.2, 0) is 0 Å². The molecule has 2 aromatic rings. The lowest BCUT2D eigenvalue weighted by atomic mass is 10.0. The van der Waals surface area contributed by atoms with Gasteiger partial charge in [0.1, 0.15) is 17.1 Å². The smallest absolute Gasteiger partial charge is 0.341 e. The van der Waals surface area contributed by atoms with E-state index in [1.165, 1.54) is 43.9 Å². The first kappa shape index (κ1) is 20.4. The fourth-order valence-corrected chi connectivity index (χ4v) is 6.34. The predicted molar refractivity (Wildman–Crippen MR) is 122 cm³/mol. The molecule has 4 atom stereocenters. The second-order valence-electron chi connectivity index (χ2n) is 9.62. The van der Waals surface area contributed by atoms with Crippen LogP contribution in [0.4, 0.5) is 10.1 Å². The van der Waals surface area contributed by atoms with Crippen LogP contribution in [0.1, 0.15) is 59.0 Å². The van der Waals surface area contributed by atoms with E-state index in [2.05, 4.69) is 9.62 Å². The third kappa shape index (κ3) is 3.75. The lowest BCUT2D eigenvalue weighted by molar-refractivity contribution is 0.0692. The molecule has 2 aromatic carbocycles. The third-order valence-electron chi connectivity index (χ3n) is 7.42. The van der Waals surface area contributed by atoms with Crippen LogP contribution in [0.15, 0.2) is 35.2 Å². The van der Waals surface area contributed by atoms with Gasteiger partial charge in [-0.15, -0.1) is 0 Å². The fourth-order valence-electron chi connectivity index (χ4n) is 5.49. The van der Waals surface area contributed by atoms with Gasteiger partial charge in [-0.05, 0) is 104 Å². The highest BCUT2D eigenvalue weighted by molar-refractivity contribution is 8.00. The first-order chi connectivity index (χ1) is 15.6. The Morgan fingerprint density at radius 2 is 2.00 bits per heavy atom. The number of nitrogens with zero attached hydrogens (tertiary/aromatic N) is 1. The molecule has 0 radical (unpaired) electrons. The molecule has 4 aliphatic rings. The van der Waals surface area contributed by atoms with Crippen molar-refractivity contribution >= 4 is 23.6 Å². The molecule has 4 unspecified atom stereocenters. The van der Waals surface area contributed by atoms with Crippen molar-refractivity contribution in [2.75, 3.05) is 31.0 Å². The highest BCUT2D eigenvalue weighted by atomic mass is 32.2. The van der Waals surface area contributed by atoms with Crippen LogP contribution in [-0.4, -0.2) is 42.2 Å². The average molecular weight is 455 g/mol. The molecule has 7 heteroatoms. The van der Waals surface area contributed by atoms with E-state index in [0.717, 1.165) is 35.4 Å². The number of carboxylic acid groups (broad SMARTS) is 1. The Morgan fingerprint density at radius 3 is 2.81 bits per heavy atom. The maximum atomic E-state index is 14.1. The number of fused-ring (bicyclic) bond motifs is 3. The Labute approximate surface area is 191 Å². The first-order valence-electron chi connectivity index (χ1n) is 11.6. The van der Waals surface area contributed by atoms with Gasteiger partial charge < -0.3 is 19.5 Å². The Hall–Kier alpha value is -2.25. The van der Waals surface area contributed by atoms with Crippen molar-refractivity contribution in [3.8, 4) is 5.75 Å². The SMILES string of the molecule is O=C(O)c1c(NSc2ccc(F)cc2C2CC2CN2CCCC2)ccc2c1OCC1CC21. The minimum absolute atomic E-state index is 0.197. The summed E-state index contributed by atoms with van der Waals surface area (Å²) in [7, 11) is 0. The van der Waals surface area contributed by atoms with Crippen molar-refractivity contribution in [2.45, 2.75) is 42.4 Å². The molecule has 2 N–H and O–H groups in total. The standard InChI is InChI=1S/C25H27FN2O3S/c26-16-3-6-22(20(11-16)18-9-14(18)12-28-7-1-2-8-28)32-27-21-5-4-17-19-10-15(19)13-31-24(17)23(21)25(29)30/h3-6,11,14-15,18-19,27H,1-2,7-10,12-13H2,(H,29,30). The summed E-state index contributed by atoms with van der Waals surface area (Å²) in [5, 5.41) is 9.89. The van der Waals surface area contributed by atoms with Crippen LogP contribution in [0, 0.1) is 17.7 Å². The number of hydrogen-bond acceptors (Lipinski definition) is 5. The molecule has 5 nitrogen and oxygen atoms in total. The Balaban J connectivity index is 1.22. The molecule has 6 rings (SSSR count). The zero-order valence-electron chi connectivity index (χ0n) is 17.9. The van der Waals surface area contributed by atoms with E-state index in [1.807, 2.05) is 12.1 Å². The summed E-state index contributed by atoms with van der Waals surface area (Å²) in [6, 6.07) is 8.77. The second kappa shape index (κ2) is 7.96. The number of hydrogen-bond donors (Lipinski definition) is 2. The quantitative estimate of drug-likeness (QED) is 0.551. The summed E-state index contributed by atoms with van der Waals surface area (Å²) < 4.78 is 23.2. The van der Waals surface area contributed by atoms with Gasteiger partial charge in [0.05, 0.1) is 12.3 Å². The molecule has 2 saturated carbocycles. The highest BCUT2D eigenvalue weighted by Crippen LogP contribution is 2.56. The van der Waals surface area contributed by atoms with Gasteiger partial charge in [0.2, 0.25) is 0 Å². The average Bonchev–Trinajstić information content (AvgIpc) is 3.68. The van der Waals surface area contributed by atoms with Gasteiger partial charge in [-0.2, -0.15) is 0 Å². The Kier molecular flexibility index (Phi) is 5.06. The molecule has 0 amide bonds. The van der Waals surface area contributed by atoms with E-state index >= 15 is 0 Å². The first-order valence-corrected chi connectivity index (χ1v) is 12.4. The fraction of sp³-hybridized carbons (Fsp3) is 0.480. The van der Waals surface area contributed by atoms with Crippen LogP contribution in [0.5, 0.6) is 5.75 Å². The summed E-state index contributed by atoms with van der Waals surface area (Å²) in [5.41, 5.74) is 2.76. The number of aromatic carboxylic acids is 1. The lowest BCUT2D eigenvalue weighted by Crippen LogP contribution is -2.22. The number of nitrogens with one attached hydrogen (secondary N) is 1. The normalized spacial score (nSPS) is 27.9. The highest BCUT2D eigenvalue weighted by Gasteiger charge is 2.45. The molecule has 2 aliphatic heterocycles. The van der Waals surface area contributed by atoms with Crippen LogP contribution < -0.4 is 9.46 Å². The topological polar surface area (TPSA) is 61.8 Å². The maximum absolute atomic E-state index is 14.1. The second-order valence-corrected chi connectivity index (χ2v) is 10.5. The monoisotopic (exact) mass is 454 g/mol. The minimum atomic E-state index is -0.990. The number of ether oxygens (including phenoxy) is 1. The Morgan fingerprint density at radius 1 is 1.16 bits per heavy atom. The number of carboxylic acids is 1. The Bertz CT molecular complexity index is 1070. The number of carbonyl (C=O) groups is 1. The molecule has 2 aliphatic carbocycles. The molecule has 0 spiro atoms. The van der Waals surface area contributed by atoms with Crippen molar-refractivity contribution in [1.29, 1.82) is 0 Å². The molecule has 1 saturated heterocycles. The van der Waals surface area contributed by atoms with E-state index in [0.29, 0.717) is 41.7 Å². The van der Waals surface area contributed by atoms with E-state index in [9.17, 15) is 14.3 Å². The maximum Gasteiger partial charge on any atom is 0.341 e. The molecule has 32 heavy (non-hydrogen) atoms. The molecule has 2 heterocycles. The molecular formula is C25H27FN2O3S. The summed E-state index contributed by atoms with van der Waals surface area (Å²) in [5.74, 6) is 1.21. The summed E-state index contributed by atoms with van der Waals surface area (Å²) in [6.45, 7) is 4.04. The van der Waals surface area contributed by atoms with Crippen molar-refractivity contribution < 1.29 is 19.0 Å². The van der Waals surface area contributed by atoms with Crippen LogP contribution in [0.2, 0.25) is 0 Å². The van der Waals surface area contributed by atoms with Crippen LogP contribution in [0.25, 0.3) is 0 Å². The van der Waals surface area contributed by atoms with Crippen LogP contribution in [0.3, 0.4) is 0 Å². The molecule has 0 bridgehead atoms. The third-order valence-corrected chi connectivity index (χ3v) is 8.34. The summed E-state index contributed by atoms with van der Waals surface area (Å²) >= 11 is 1.37. The number of halogens is 1. The molecule has 0 aromatic heterocycles. The number of rotatable bonds is 7. The molecule has 168 valence electrons. The summed E-state index contributed by atoms with van der Waals surface area (Å²) in [4.78, 5) is 15.6. The van der Waals surface area contributed by atoms with E-state index in [1.54, 1.807) is 12.1 Å². The predicted octanol–water partition coefficient (Wildman–Crippen LogP) is 5.34. The lowest BCUT2D eigenvalue weighted by Gasteiger charge is -2.21. The zero-order valence-corrected chi connectivity index (χ0v) is 18.7. The van der Waals surface area contributed by atoms with E-state index in [-0.39, 0.29) is 11.4 Å². The number of benzene rings is 2. The van der Waals surface area contributed by atoms with Gasteiger partial charge in [0.25, 0.3) is 0 Å². The largest absolute Gasteiger partial charge is 0.492 e. The van der Waals surface area contributed by atoms with E-state index < -0.39 is 5.97 Å². The van der Waals surface area contributed by atoms with Crippen molar-refractivity contribution in [1.82, 2.24) is 4.90 Å². The van der Waals surface area contributed by atoms with Gasteiger partial charge in [-0.1, -0.05) is 6.07 Å². The zero-order chi connectivity index (χ0) is 21.8. The van der Waals surface area contributed by atoms with Crippen molar-refractivity contribution in [3.05, 3.63) is 52.8 Å². The van der Waals surface area contributed by atoms with E-state index in [4.69, 9.17) is 4.74 Å². The van der Waals surface area contributed by atoms with Gasteiger partial charge >= 0.3 is 5.97 Å². The number of anilines is 1. The van der Waals surface area contributed by atoms with Crippen LogP contribution >= 0.6 is 11.9 Å². The van der Waals surface area contributed by atoms with Gasteiger partial charge in [-0.25, -0.2) is 9.18 Å².